The summed E-state index contributed by atoms with van der Waals surface area (Å²) in [5.41, 5.74) is -0.804. The number of rotatable bonds is 7. The molecular weight excluding hydrogens is 292 g/mol. The quantitative estimate of drug-likeness (QED) is 0.653. The minimum absolute atomic E-state index is 0.0208. The van der Waals surface area contributed by atoms with Crippen molar-refractivity contribution in [3.05, 3.63) is 0 Å². The summed E-state index contributed by atoms with van der Waals surface area (Å²) in [6.45, 7) is 14.5. The summed E-state index contributed by atoms with van der Waals surface area (Å²) in [4.78, 5) is 44.2. The normalized spacial score (nSPS) is 11.3. The molecule has 0 aromatic rings. The molecule has 4 heteroatoms. The zero-order valence-corrected chi connectivity index (χ0v) is 16.2. The predicted molar refractivity (Wildman–Crippen MR) is 93.4 cm³/mol. The highest BCUT2D eigenvalue weighted by Crippen LogP contribution is 2.22. The Bertz CT molecular complexity index is 396. The number of unbranched alkanes of at least 4 members (excludes halogenated alkanes) is 1. The van der Waals surface area contributed by atoms with Crippen LogP contribution in [0.25, 0.3) is 0 Å². The van der Waals surface area contributed by atoms with Crippen LogP contribution in [0, 0.1) is 10.8 Å². The van der Waals surface area contributed by atoms with E-state index in [1.807, 2.05) is 48.5 Å². The fourth-order valence-electron chi connectivity index (χ4n) is 1.42. The lowest BCUT2D eigenvalue weighted by molar-refractivity contribution is -0.135. The van der Waals surface area contributed by atoms with Crippen LogP contribution in [-0.4, -0.2) is 23.1 Å². The number of Topliss-reactive ketones (excluding diaryl/α,β-unsaturated/α-hetero) is 4. The molecule has 0 spiro atoms. The van der Waals surface area contributed by atoms with Gasteiger partial charge in [0.25, 0.3) is 0 Å². The van der Waals surface area contributed by atoms with Crippen molar-refractivity contribution in [2.45, 2.75) is 87.5 Å². The molecule has 0 fully saturated rings. The molecule has 0 rings (SSSR count). The van der Waals surface area contributed by atoms with E-state index in [9.17, 15) is 19.2 Å². The maximum absolute atomic E-state index is 11.5. The van der Waals surface area contributed by atoms with Crippen molar-refractivity contribution >= 4 is 23.1 Å². The van der Waals surface area contributed by atoms with Crippen LogP contribution in [0.2, 0.25) is 0 Å². The van der Waals surface area contributed by atoms with Crippen molar-refractivity contribution in [1.82, 2.24) is 0 Å². The highest BCUT2D eigenvalue weighted by atomic mass is 16.2. The van der Waals surface area contributed by atoms with Crippen LogP contribution >= 0.6 is 0 Å². The van der Waals surface area contributed by atoms with Crippen molar-refractivity contribution < 1.29 is 19.2 Å². The van der Waals surface area contributed by atoms with Gasteiger partial charge >= 0.3 is 0 Å². The van der Waals surface area contributed by atoms with Gasteiger partial charge in [-0.3, -0.25) is 19.2 Å². The van der Waals surface area contributed by atoms with Gasteiger partial charge in [-0.25, -0.2) is 0 Å². The van der Waals surface area contributed by atoms with E-state index in [2.05, 4.69) is 0 Å². The van der Waals surface area contributed by atoms with Gasteiger partial charge in [0.2, 0.25) is 0 Å². The third-order valence-electron chi connectivity index (χ3n) is 3.25. The summed E-state index contributed by atoms with van der Waals surface area (Å²) in [6.07, 6.45) is 2.68. The summed E-state index contributed by atoms with van der Waals surface area (Å²) in [5, 5.41) is 0. The summed E-state index contributed by atoms with van der Waals surface area (Å²) in [7, 11) is 0. The Morgan fingerprint density at radius 1 is 0.739 bits per heavy atom. The van der Waals surface area contributed by atoms with E-state index in [1.54, 1.807) is 0 Å². The molecule has 4 nitrogen and oxygen atoms in total. The fraction of sp³-hybridized carbons (Fsp3) is 0.789. The molecule has 0 saturated heterocycles. The highest BCUT2D eigenvalue weighted by molar-refractivity contribution is 6.03. The van der Waals surface area contributed by atoms with Crippen LogP contribution in [0.3, 0.4) is 0 Å². The third kappa shape index (κ3) is 14.0. The van der Waals surface area contributed by atoms with Crippen molar-refractivity contribution in [1.29, 1.82) is 0 Å². The van der Waals surface area contributed by atoms with Crippen LogP contribution in [-0.2, 0) is 19.2 Å². The molecule has 0 unspecified atom stereocenters. The van der Waals surface area contributed by atoms with Gasteiger partial charge < -0.3 is 0 Å². The van der Waals surface area contributed by atoms with Crippen LogP contribution < -0.4 is 0 Å². The maximum atomic E-state index is 11.5. The molecular formula is C19H34O4. The molecule has 0 aliphatic rings. The highest BCUT2D eigenvalue weighted by Gasteiger charge is 2.28. The predicted octanol–water partition coefficient (Wildman–Crippen LogP) is 4.33. The van der Waals surface area contributed by atoms with E-state index in [0.29, 0.717) is 6.42 Å². The summed E-state index contributed by atoms with van der Waals surface area (Å²) in [5.74, 6) is 0.0929. The third-order valence-corrected chi connectivity index (χ3v) is 3.25. The number of carbonyl (C=O) groups excluding carboxylic acids is 4. The minimum atomic E-state index is -0.402. The minimum Gasteiger partial charge on any atom is -0.300 e. The monoisotopic (exact) mass is 326 g/mol. The number of hydrogen-bond acceptors (Lipinski definition) is 4. The first-order chi connectivity index (χ1) is 10.2. The molecule has 0 aliphatic heterocycles. The Labute approximate surface area is 141 Å². The first-order valence-electron chi connectivity index (χ1n) is 8.29. The van der Waals surface area contributed by atoms with Crippen LogP contribution in [0.15, 0.2) is 0 Å². The first-order valence-corrected chi connectivity index (χ1v) is 8.29. The molecule has 134 valence electrons. The number of carbonyl (C=O) groups is 4. The topological polar surface area (TPSA) is 68.3 Å². The lowest BCUT2D eigenvalue weighted by Crippen LogP contribution is -2.28. The SMILES string of the molecule is CC(C)(C)C(=O)CC(=O)C(C)(C)C.CCCCC(=O)CC(C)=O. The average Bonchev–Trinajstić information content (AvgIpc) is 2.33. The largest absolute Gasteiger partial charge is 0.300 e. The Kier molecular flexibility index (Phi) is 10.9. The van der Waals surface area contributed by atoms with E-state index in [4.69, 9.17) is 0 Å². The maximum Gasteiger partial charge on any atom is 0.145 e. The molecule has 0 aromatic carbocycles. The van der Waals surface area contributed by atoms with Gasteiger partial charge in [-0.2, -0.15) is 0 Å². The van der Waals surface area contributed by atoms with Gasteiger partial charge in [0.15, 0.2) is 0 Å². The van der Waals surface area contributed by atoms with Crippen LogP contribution in [0.4, 0.5) is 0 Å². The first kappa shape index (κ1) is 23.9. The molecule has 0 radical (unpaired) electrons. The van der Waals surface area contributed by atoms with E-state index in [0.717, 1.165) is 12.8 Å². The second kappa shape index (κ2) is 10.5. The Morgan fingerprint density at radius 3 is 1.39 bits per heavy atom. The van der Waals surface area contributed by atoms with E-state index in [1.165, 1.54) is 6.92 Å². The number of ketones is 4. The summed E-state index contributed by atoms with van der Waals surface area (Å²) >= 11 is 0. The van der Waals surface area contributed by atoms with Crippen LogP contribution in [0.1, 0.15) is 87.5 Å². The Balaban J connectivity index is 0. The summed E-state index contributed by atoms with van der Waals surface area (Å²) in [6, 6.07) is 0. The van der Waals surface area contributed by atoms with E-state index >= 15 is 0 Å². The van der Waals surface area contributed by atoms with Crippen molar-refractivity contribution in [3.8, 4) is 0 Å². The zero-order valence-electron chi connectivity index (χ0n) is 16.2. The van der Waals surface area contributed by atoms with Crippen molar-refractivity contribution in [2.75, 3.05) is 0 Å². The summed E-state index contributed by atoms with van der Waals surface area (Å²) < 4.78 is 0. The molecule has 0 N–H and O–H groups in total. The fourth-order valence-corrected chi connectivity index (χ4v) is 1.42. The molecule has 0 atom stereocenters. The van der Waals surface area contributed by atoms with Gasteiger partial charge in [-0.1, -0.05) is 54.9 Å². The van der Waals surface area contributed by atoms with Crippen molar-refractivity contribution in [3.63, 3.8) is 0 Å². The molecule has 0 saturated carbocycles. The van der Waals surface area contributed by atoms with Gasteiger partial charge in [0.05, 0.1) is 12.8 Å². The smallest absolute Gasteiger partial charge is 0.145 e. The van der Waals surface area contributed by atoms with Crippen LogP contribution in [0.5, 0.6) is 0 Å². The van der Waals surface area contributed by atoms with Gasteiger partial charge in [0, 0.05) is 17.3 Å². The standard InChI is InChI=1S/C11H20O2.C8H14O2/c1-10(2,3)8(12)7-9(13)11(4,5)6;1-3-4-5-8(10)6-7(2)9/h7H2,1-6H3;3-6H2,1-2H3. The van der Waals surface area contributed by atoms with E-state index in [-0.39, 0.29) is 36.0 Å². The second-order valence-corrected chi connectivity index (χ2v) is 8.04. The number of hydrogen-bond donors (Lipinski definition) is 0. The molecule has 0 amide bonds. The lowest BCUT2D eigenvalue weighted by atomic mass is 9.82. The molecule has 0 aliphatic carbocycles. The molecule has 23 heavy (non-hydrogen) atoms. The van der Waals surface area contributed by atoms with Crippen molar-refractivity contribution in [2.24, 2.45) is 10.8 Å². The van der Waals surface area contributed by atoms with E-state index < -0.39 is 10.8 Å². The zero-order chi connectivity index (χ0) is 18.8. The van der Waals surface area contributed by atoms with Gasteiger partial charge in [0.1, 0.15) is 23.1 Å². The molecule has 0 heterocycles. The Morgan fingerprint density at radius 2 is 1.13 bits per heavy atom. The molecule has 0 bridgehead atoms. The lowest BCUT2D eigenvalue weighted by Gasteiger charge is -2.20. The Hall–Kier alpha value is -1.32. The van der Waals surface area contributed by atoms with Gasteiger partial charge in [-0.05, 0) is 13.3 Å². The average molecular weight is 326 g/mol. The molecule has 0 aromatic heterocycles. The van der Waals surface area contributed by atoms with Gasteiger partial charge in [-0.15, -0.1) is 0 Å². The second-order valence-electron chi connectivity index (χ2n) is 8.04.